The zero-order valence-corrected chi connectivity index (χ0v) is 25.1. The fourth-order valence-electron chi connectivity index (χ4n) is 4.03. The van der Waals surface area contributed by atoms with Crippen LogP contribution >= 0.6 is 0 Å². The highest BCUT2D eigenvalue weighted by molar-refractivity contribution is 7.85. The molecule has 0 amide bonds. The average molecular weight is 521 g/mol. The second-order valence-electron chi connectivity index (χ2n) is 11.2. The summed E-state index contributed by atoms with van der Waals surface area (Å²) >= 11 is 0. The van der Waals surface area contributed by atoms with Gasteiger partial charge in [-0.2, -0.15) is 0 Å². The van der Waals surface area contributed by atoms with E-state index in [-0.39, 0.29) is 6.10 Å². The molecule has 2 atom stereocenters. The van der Waals surface area contributed by atoms with Crippen LogP contribution in [0.1, 0.15) is 110 Å². The van der Waals surface area contributed by atoms with Crippen molar-refractivity contribution in [3.05, 3.63) is 0 Å². The maximum Gasteiger partial charge on any atom is 0.102 e. The predicted octanol–water partition coefficient (Wildman–Crippen LogP) is 6.75. The van der Waals surface area contributed by atoms with Crippen molar-refractivity contribution in [1.82, 2.24) is 0 Å². The van der Waals surface area contributed by atoms with Crippen LogP contribution in [-0.4, -0.2) is 87.5 Å². The molecule has 2 unspecified atom stereocenters. The minimum atomic E-state index is -0.929. The summed E-state index contributed by atoms with van der Waals surface area (Å²) in [5.74, 6) is 1.09. The Morgan fingerprint density at radius 3 is 1.60 bits per heavy atom. The van der Waals surface area contributed by atoms with Crippen molar-refractivity contribution in [2.75, 3.05) is 72.7 Å². The molecule has 6 heteroatoms. The molecule has 0 spiro atoms. The molecule has 212 valence electrons. The Morgan fingerprint density at radius 2 is 1.14 bits per heavy atom. The number of hydrogen-bond acceptors (Lipinski definition) is 4. The summed E-state index contributed by atoms with van der Waals surface area (Å²) in [7, 11) is 7.18. The zero-order chi connectivity index (χ0) is 26.0. The van der Waals surface area contributed by atoms with Gasteiger partial charge in [-0.1, -0.05) is 103 Å². The fraction of sp³-hybridized carbons (Fsp3) is 1.00. The van der Waals surface area contributed by atoms with E-state index in [0.717, 1.165) is 24.1 Å². The van der Waals surface area contributed by atoms with E-state index in [1.807, 2.05) is 0 Å². The highest BCUT2D eigenvalue weighted by atomic mass is 32.2. The van der Waals surface area contributed by atoms with Crippen LogP contribution in [0.25, 0.3) is 0 Å². The molecule has 0 rings (SSSR count). The number of methoxy groups -OCH3 is 1. The topological polar surface area (TPSA) is 44.8 Å². The number of ether oxygens (including phenoxy) is 3. The normalized spacial score (nSPS) is 13.9. The van der Waals surface area contributed by atoms with Crippen molar-refractivity contribution in [3.63, 3.8) is 0 Å². The summed E-state index contributed by atoms with van der Waals surface area (Å²) in [6.45, 7) is 5.80. The third-order valence-electron chi connectivity index (χ3n) is 6.51. The van der Waals surface area contributed by atoms with Crippen LogP contribution in [0.15, 0.2) is 0 Å². The van der Waals surface area contributed by atoms with Crippen LogP contribution in [0.2, 0.25) is 0 Å². The third-order valence-corrected chi connectivity index (χ3v) is 7.88. The van der Waals surface area contributed by atoms with Crippen LogP contribution in [0.5, 0.6) is 0 Å². The molecular formula is C29H62NO4S+. The van der Waals surface area contributed by atoms with E-state index < -0.39 is 10.8 Å². The second kappa shape index (κ2) is 25.6. The lowest BCUT2D eigenvalue weighted by Crippen LogP contribution is -2.37. The first-order valence-electron chi connectivity index (χ1n) is 14.7. The van der Waals surface area contributed by atoms with Gasteiger partial charge in [-0.05, 0) is 6.42 Å². The molecular weight excluding hydrogens is 458 g/mol. The molecule has 5 nitrogen and oxygen atoms in total. The van der Waals surface area contributed by atoms with Crippen LogP contribution in [0.4, 0.5) is 0 Å². The molecule has 0 aliphatic carbocycles. The van der Waals surface area contributed by atoms with E-state index in [9.17, 15) is 4.21 Å². The molecule has 0 heterocycles. The molecule has 0 aromatic carbocycles. The van der Waals surface area contributed by atoms with E-state index in [4.69, 9.17) is 14.2 Å². The summed E-state index contributed by atoms with van der Waals surface area (Å²) in [4.78, 5) is 0. The van der Waals surface area contributed by atoms with E-state index in [1.165, 1.54) is 96.3 Å². The first-order chi connectivity index (χ1) is 16.9. The van der Waals surface area contributed by atoms with E-state index in [2.05, 4.69) is 28.1 Å². The molecule has 0 saturated heterocycles. The Balaban J connectivity index is 3.40. The lowest BCUT2D eigenvalue weighted by atomic mass is 10.0. The molecule has 0 fully saturated rings. The van der Waals surface area contributed by atoms with Crippen molar-refractivity contribution >= 4 is 10.8 Å². The van der Waals surface area contributed by atoms with Crippen molar-refractivity contribution in [3.8, 4) is 0 Å². The van der Waals surface area contributed by atoms with Crippen molar-refractivity contribution in [1.29, 1.82) is 0 Å². The van der Waals surface area contributed by atoms with Crippen molar-refractivity contribution < 1.29 is 22.9 Å². The van der Waals surface area contributed by atoms with E-state index >= 15 is 0 Å². The van der Waals surface area contributed by atoms with Crippen LogP contribution in [0.3, 0.4) is 0 Å². The average Bonchev–Trinajstić information content (AvgIpc) is 2.81. The molecule has 0 aromatic rings. The maximum atomic E-state index is 12.3. The summed E-state index contributed by atoms with van der Waals surface area (Å²) in [5, 5.41) is 0. The van der Waals surface area contributed by atoms with E-state index in [1.54, 1.807) is 7.11 Å². The highest BCUT2D eigenvalue weighted by Crippen LogP contribution is 2.13. The quantitative estimate of drug-likeness (QED) is 0.0845. The van der Waals surface area contributed by atoms with Crippen molar-refractivity contribution in [2.24, 2.45) is 0 Å². The number of rotatable bonds is 28. The van der Waals surface area contributed by atoms with Gasteiger partial charge in [-0.3, -0.25) is 4.21 Å². The molecule has 0 N–H and O–H groups in total. The summed E-state index contributed by atoms with van der Waals surface area (Å²) in [6.07, 6.45) is 22.0. The first-order valence-corrected chi connectivity index (χ1v) is 16.2. The van der Waals surface area contributed by atoms with Gasteiger partial charge in [-0.25, -0.2) is 0 Å². The highest BCUT2D eigenvalue weighted by Gasteiger charge is 2.13. The van der Waals surface area contributed by atoms with Gasteiger partial charge < -0.3 is 18.7 Å². The summed E-state index contributed by atoms with van der Waals surface area (Å²) in [5.41, 5.74) is 0. The van der Waals surface area contributed by atoms with Gasteiger partial charge >= 0.3 is 0 Å². The van der Waals surface area contributed by atoms with Crippen molar-refractivity contribution in [2.45, 2.75) is 116 Å². The van der Waals surface area contributed by atoms with Crippen LogP contribution < -0.4 is 0 Å². The van der Waals surface area contributed by atoms with Gasteiger partial charge in [0.15, 0.2) is 0 Å². The Hall–Kier alpha value is -0.0100. The van der Waals surface area contributed by atoms with Gasteiger partial charge in [0, 0.05) is 30.3 Å². The molecule has 0 aromatic heterocycles. The number of hydrogen-bond donors (Lipinski definition) is 0. The molecule has 0 aliphatic rings. The zero-order valence-electron chi connectivity index (χ0n) is 24.3. The summed E-state index contributed by atoms with van der Waals surface area (Å²) in [6, 6.07) is 0. The molecule has 35 heavy (non-hydrogen) atoms. The minimum absolute atomic E-state index is 0.0943. The van der Waals surface area contributed by atoms with Gasteiger partial charge in [0.2, 0.25) is 0 Å². The largest absolute Gasteiger partial charge is 0.379 e. The second-order valence-corrected chi connectivity index (χ2v) is 12.8. The number of quaternary nitrogens is 1. The van der Waals surface area contributed by atoms with Crippen LogP contribution in [0, 0.1) is 0 Å². The van der Waals surface area contributed by atoms with Gasteiger partial charge in [0.05, 0.1) is 52.8 Å². The lowest BCUT2D eigenvalue weighted by Gasteiger charge is -2.23. The molecule has 0 saturated carbocycles. The van der Waals surface area contributed by atoms with Gasteiger partial charge in [0.25, 0.3) is 0 Å². The number of unbranched alkanes of at least 4 members (excludes halogenated alkanes) is 15. The maximum absolute atomic E-state index is 12.3. The third kappa shape index (κ3) is 28.4. The fourth-order valence-corrected chi connectivity index (χ4v) is 5.15. The Morgan fingerprint density at radius 1 is 0.657 bits per heavy atom. The van der Waals surface area contributed by atoms with E-state index in [0.29, 0.717) is 31.3 Å². The van der Waals surface area contributed by atoms with Gasteiger partial charge in [-0.15, -0.1) is 0 Å². The lowest BCUT2D eigenvalue weighted by molar-refractivity contribution is -0.870. The monoisotopic (exact) mass is 520 g/mol. The first kappa shape index (κ1) is 35.0. The number of nitrogens with zero attached hydrogens (tertiary/aromatic N) is 1. The Kier molecular flexibility index (Phi) is 25.6. The predicted molar refractivity (Wildman–Crippen MR) is 153 cm³/mol. The summed E-state index contributed by atoms with van der Waals surface area (Å²) < 4.78 is 30.0. The Bertz CT molecular complexity index is 456. The molecule has 0 aliphatic heterocycles. The minimum Gasteiger partial charge on any atom is -0.379 e. The number of likely N-dealkylation sites (N-methyl/N-ethyl adjacent to an activating group) is 1. The van der Waals surface area contributed by atoms with Crippen LogP contribution in [-0.2, 0) is 25.0 Å². The van der Waals surface area contributed by atoms with Gasteiger partial charge in [0.1, 0.15) is 6.54 Å². The molecule has 0 bridgehead atoms. The standard InChI is InChI=1S/C29H62NO4S/c1-6-7-8-9-10-11-12-13-14-15-16-17-18-19-20-21-23-34-27-29(32-5)28-35(31)26-25-33-24-22-30(2,3)4/h29H,6-28H2,1-5H3/q+1. The smallest absolute Gasteiger partial charge is 0.102 e. The SMILES string of the molecule is CCCCCCCCCCCCCCCCCCOCC(CS(=O)CCOCC[N+](C)(C)C)OC. The molecule has 0 radical (unpaired) electrons. The Labute approximate surface area is 222 Å².